The summed E-state index contributed by atoms with van der Waals surface area (Å²) < 4.78 is 5.33. The summed E-state index contributed by atoms with van der Waals surface area (Å²) >= 11 is 1.66. The maximum Gasteiger partial charge on any atom is 0.238 e. The Labute approximate surface area is 174 Å². The minimum Gasteiger partial charge on any atom is -0.495 e. The number of aromatic nitrogens is 1. The summed E-state index contributed by atoms with van der Waals surface area (Å²) in [4.78, 5) is 32.9. The molecule has 0 saturated carbocycles. The van der Waals surface area contributed by atoms with Crippen molar-refractivity contribution in [3.63, 3.8) is 0 Å². The molecule has 1 aromatic carbocycles. The van der Waals surface area contributed by atoms with Crippen LogP contribution in [0, 0.1) is 6.92 Å². The van der Waals surface area contributed by atoms with Crippen LogP contribution in [0.2, 0.25) is 0 Å². The van der Waals surface area contributed by atoms with Crippen molar-refractivity contribution in [2.75, 3.05) is 55.4 Å². The molecule has 1 aromatic heterocycles. The first-order chi connectivity index (χ1) is 13.9. The standard InChI is InChI=1S/C20H27N5O3S/c1-14-13-29-20(21-14)25-8-4-7-24(9-10-25)12-19(27)23-17-11-16(22-15(2)26)5-6-18(17)28-3/h5-6,11,13H,4,7-10,12H2,1-3H3,(H,22,26)(H,23,27). The topological polar surface area (TPSA) is 86.8 Å². The molecule has 3 rings (SSSR count). The zero-order chi connectivity index (χ0) is 20.8. The van der Waals surface area contributed by atoms with Crippen LogP contribution < -0.4 is 20.3 Å². The lowest BCUT2D eigenvalue weighted by Crippen LogP contribution is -2.36. The van der Waals surface area contributed by atoms with Crippen molar-refractivity contribution in [3.8, 4) is 5.75 Å². The molecule has 1 aliphatic rings. The highest BCUT2D eigenvalue weighted by atomic mass is 32.1. The van der Waals surface area contributed by atoms with Gasteiger partial charge in [-0.3, -0.25) is 14.5 Å². The average molecular weight is 418 g/mol. The highest BCUT2D eigenvalue weighted by Gasteiger charge is 2.19. The maximum absolute atomic E-state index is 12.6. The molecule has 0 bridgehead atoms. The van der Waals surface area contributed by atoms with Gasteiger partial charge in [0.25, 0.3) is 0 Å². The predicted molar refractivity (Wildman–Crippen MR) is 116 cm³/mol. The fraction of sp³-hybridized carbons (Fsp3) is 0.450. The second-order valence-electron chi connectivity index (χ2n) is 7.03. The number of anilines is 3. The molecular formula is C20H27N5O3S. The van der Waals surface area contributed by atoms with E-state index in [9.17, 15) is 9.59 Å². The zero-order valence-corrected chi connectivity index (χ0v) is 17.8. The van der Waals surface area contributed by atoms with Gasteiger partial charge in [-0.15, -0.1) is 11.3 Å². The maximum atomic E-state index is 12.6. The number of carbonyl (C=O) groups excluding carboxylic acids is 2. The number of thiazole rings is 1. The Bertz CT molecular complexity index is 870. The molecule has 2 amide bonds. The number of amides is 2. The highest BCUT2D eigenvalue weighted by molar-refractivity contribution is 7.13. The van der Waals surface area contributed by atoms with Crippen molar-refractivity contribution in [2.24, 2.45) is 0 Å². The van der Waals surface area contributed by atoms with E-state index in [-0.39, 0.29) is 11.8 Å². The van der Waals surface area contributed by atoms with Gasteiger partial charge in [-0.1, -0.05) is 0 Å². The molecule has 29 heavy (non-hydrogen) atoms. The molecule has 1 aliphatic heterocycles. The van der Waals surface area contributed by atoms with E-state index in [1.807, 2.05) is 6.92 Å². The monoisotopic (exact) mass is 417 g/mol. The molecule has 2 heterocycles. The fourth-order valence-electron chi connectivity index (χ4n) is 3.29. The quantitative estimate of drug-likeness (QED) is 0.751. The second-order valence-corrected chi connectivity index (χ2v) is 7.87. The summed E-state index contributed by atoms with van der Waals surface area (Å²) in [5.74, 6) is 0.271. The van der Waals surface area contributed by atoms with E-state index in [0.717, 1.165) is 43.4 Å². The minimum atomic E-state index is -0.169. The number of hydrogen-bond donors (Lipinski definition) is 2. The fourth-order valence-corrected chi connectivity index (χ4v) is 4.14. The summed E-state index contributed by atoms with van der Waals surface area (Å²) in [6.45, 7) is 7.20. The normalized spacial score (nSPS) is 14.9. The number of carbonyl (C=O) groups is 2. The van der Waals surface area contributed by atoms with Gasteiger partial charge >= 0.3 is 0 Å². The molecule has 0 spiro atoms. The van der Waals surface area contributed by atoms with Crippen LogP contribution in [0.25, 0.3) is 0 Å². The number of nitrogens with zero attached hydrogens (tertiary/aromatic N) is 3. The molecule has 1 saturated heterocycles. The average Bonchev–Trinajstić information content (AvgIpc) is 2.96. The van der Waals surface area contributed by atoms with Gasteiger partial charge in [-0.05, 0) is 31.5 Å². The Morgan fingerprint density at radius 3 is 2.72 bits per heavy atom. The van der Waals surface area contributed by atoms with Crippen molar-refractivity contribution in [1.82, 2.24) is 9.88 Å². The number of rotatable bonds is 6. The Balaban J connectivity index is 1.58. The second kappa shape index (κ2) is 9.71. The SMILES string of the molecule is COc1ccc(NC(C)=O)cc1NC(=O)CN1CCCN(c2nc(C)cs2)CC1. The molecule has 1 fully saturated rings. The molecule has 0 atom stereocenters. The third kappa shape index (κ3) is 5.91. The molecular weight excluding hydrogens is 390 g/mol. The third-order valence-electron chi connectivity index (χ3n) is 4.63. The zero-order valence-electron chi connectivity index (χ0n) is 17.0. The summed E-state index contributed by atoms with van der Waals surface area (Å²) in [5.41, 5.74) is 2.19. The van der Waals surface area contributed by atoms with E-state index in [2.05, 4.69) is 30.8 Å². The highest BCUT2D eigenvalue weighted by Crippen LogP contribution is 2.28. The van der Waals surface area contributed by atoms with Gasteiger partial charge < -0.3 is 20.3 Å². The van der Waals surface area contributed by atoms with Gasteiger partial charge in [0.2, 0.25) is 11.8 Å². The Morgan fingerprint density at radius 1 is 1.21 bits per heavy atom. The van der Waals surface area contributed by atoms with E-state index >= 15 is 0 Å². The van der Waals surface area contributed by atoms with Gasteiger partial charge in [0, 0.05) is 44.2 Å². The van der Waals surface area contributed by atoms with E-state index in [1.54, 1.807) is 36.6 Å². The lowest BCUT2D eigenvalue weighted by molar-refractivity contribution is -0.117. The Hall–Kier alpha value is -2.65. The number of benzene rings is 1. The van der Waals surface area contributed by atoms with Crippen molar-refractivity contribution < 1.29 is 14.3 Å². The first-order valence-electron chi connectivity index (χ1n) is 9.59. The van der Waals surface area contributed by atoms with E-state index in [0.29, 0.717) is 23.7 Å². The van der Waals surface area contributed by atoms with Gasteiger partial charge in [-0.2, -0.15) is 0 Å². The number of methoxy groups -OCH3 is 1. The summed E-state index contributed by atoms with van der Waals surface area (Å²) in [7, 11) is 1.55. The third-order valence-corrected chi connectivity index (χ3v) is 5.65. The summed E-state index contributed by atoms with van der Waals surface area (Å²) in [6.07, 6.45) is 0.979. The molecule has 9 heteroatoms. The van der Waals surface area contributed by atoms with Crippen LogP contribution in [0.5, 0.6) is 5.75 Å². The van der Waals surface area contributed by atoms with E-state index in [4.69, 9.17) is 4.74 Å². The lowest BCUT2D eigenvalue weighted by Gasteiger charge is -2.21. The predicted octanol–water partition coefficient (Wildman–Crippen LogP) is 2.57. The number of ether oxygens (including phenoxy) is 1. The van der Waals surface area contributed by atoms with E-state index < -0.39 is 0 Å². The van der Waals surface area contributed by atoms with Crippen LogP contribution in [0.3, 0.4) is 0 Å². The Kier molecular flexibility index (Phi) is 7.05. The van der Waals surface area contributed by atoms with Gasteiger partial charge in [0.15, 0.2) is 5.13 Å². The summed E-state index contributed by atoms with van der Waals surface area (Å²) in [6, 6.07) is 5.16. The number of nitrogens with one attached hydrogen (secondary N) is 2. The van der Waals surface area contributed by atoms with Crippen LogP contribution in [-0.2, 0) is 9.59 Å². The van der Waals surface area contributed by atoms with E-state index in [1.165, 1.54) is 6.92 Å². The number of hydrogen-bond acceptors (Lipinski definition) is 7. The van der Waals surface area contributed by atoms with Gasteiger partial charge in [0.05, 0.1) is 25.0 Å². The Morgan fingerprint density at radius 2 is 2.03 bits per heavy atom. The molecule has 0 radical (unpaired) electrons. The molecule has 2 N–H and O–H groups in total. The molecule has 8 nitrogen and oxygen atoms in total. The van der Waals surface area contributed by atoms with Crippen LogP contribution in [0.4, 0.5) is 16.5 Å². The molecule has 0 aliphatic carbocycles. The first-order valence-corrected chi connectivity index (χ1v) is 10.5. The lowest BCUT2D eigenvalue weighted by atomic mass is 10.2. The molecule has 0 unspecified atom stereocenters. The first kappa shape index (κ1) is 21.1. The van der Waals surface area contributed by atoms with Gasteiger partial charge in [0.1, 0.15) is 5.75 Å². The number of aryl methyl sites for hydroxylation is 1. The van der Waals surface area contributed by atoms with Crippen LogP contribution in [0.15, 0.2) is 23.6 Å². The van der Waals surface area contributed by atoms with Crippen LogP contribution in [-0.4, -0.2) is 61.5 Å². The smallest absolute Gasteiger partial charge is 0.238 e. The summed E-state index contributed by atoms with van der Waals surface area (Å²) in [5, 5.41) is 8.74. The minimum absolute atomic E-state index is 0.109. The van der Waals surface area contributed by atoms with Gasteiger partial charge in [-0.25, -0.2) is 4.98 Å². The molecule has 156 valence electrons. The van der Waals surface area contributed by atoms with Crippen LogP contribution in [0.1, 0.15) is 19.0 Å². The van der Waals surface area contributed by atoms with Crippen LogP contribution >= 0.6 is 11.3 Å². The largest absolute Gasteiger partial charge is 0.495 e. The van der Waals surface area contributed by atoms with Crippen molar-refractivity contribution in [1.29, 1.82) is 0 Å². The van der Waals surface area contributed by atoms with Crippen molar-refractivity contribution in [3.05, 3.63) is 29.3 Å². The van der Waals surface area contributed by atoms with Crippen molar-refractivity contribution >= 4 is 39.7 Å². The molecule has 2 aromatic rings. The van der Waals surface area contributed by atoms with Crippen molar-refractivity contribution in [2.45, 2.75) is 20.3 Å².